The third kappa shape index (κ3) is 6.40. The summed E-state index contributed by atoms with van der Waals surface area (Å²) >= 11 is 21.0. The topological polar surface area (TPSA) is 61.6 Å². The number of rotatable bonds is 3. The fourth-order valence-electron chi connectivity index (χ4n) is 1.11. The highest BCUT2D eigenvalue weighted by Crippen LogP contribution is 2.26. The summed E-state index contributed by atoms with van der Waals surface area (Å²) in [6.45, 7) is -0.329. The van der Waals surface area contributed by atoms with Gasteiger partial charge in [0.2, 0.25) is 3.79 Å². The SMILES string of the molecule is N[C@H](C(=O)OC(=S)OCC(Cl)(Cl)Cl)c1ccccc1. The molecule has 0 aliphatic rings. The Kier molecular flexibility index (Phi) is 6.29. The number of hydrogen-bond acceptors (Lipinski definition) is 5. The summed E-state index contributed by atoms with van der Waals surface area (Å²) in [5.74, 6) is -0.750. The molecule has 0 heterocycles. The molecule has 0 spiro atoms. The molecule has 0 bridgehead atoms. The molecule has 1 aromatic carbocycles. The van der Waals surface area contributed by atoms with Gasteiger partial charge in [0, 0.05) is 12.2 Å². The first-order valence-corrected chi connectivity index (χ1v) is 6.59. The minimum Gasteiger partial charge on any atom is -0.452 e. The lowest BCUT2D eigenvalue weighted by molar-refractivity contribution is -0.138. The van der Waals surface area contributed by atoms with Crippen LogP contribution in [0.15, 0.2) is 30.3 Å². The second-order valence-electron chi connectivity index (χ2n) is 3.46. The molecule has 0 amide bonds. The van der Waals surface area contributed by atoms with Crippen LogP contribution in [0.5, 0.6) is 0 Å². The number of alkyl halides is 3. The van der Waals surface area contributed by atoms with E-state index in [1.807, 2.05) is 0 Å². The molecule has 0 saturated heterocycles. The van der Waals surface area contributed by atoms with E-state index in [4.69, 9.17) is 50.0 Å². The quantitative estimate of drug-likeness (QED) is 0.520. The number of carbonyl (C=O) groups is 1. The zero-order chi connectivity index (χ0) is 14.5. The number of thiocarbonyl (C=S) groups is 1. The van der Waals surface area contributed by atoms with Crippen molar-refractivity contribution in [2.24, 2.45) is 5.73 Å². The van der Waals surface area contributed by atoms with Gasteiger partial charge in [0.25, 0.3) is 0 Å². The van der Waals surface area contributed by atoms with Gasteiger partial charge in [-0.2, -0.15) is 0 Å². The van der Waals surface area contributed by atoms with Crippen molar-refractivity contribution >= 4 is 58.2 Å². The largest absolute Gasteiger partial charge is 0.452 e. The Bertz CT molecular complexity index is 450. The van der Waals surface area contributed by atoms with Crippen LogP contribution in [-0.2, 0) is 14.3 Å². The average Bonchev–Trinajstić information content (AvgIpc) is 2.35. The molecule has 1 aromatic rings. The fraction of sp³-hybridized carbons (Fsp3) is 0.273. The first-order chi connectivity index (χ1) is 8.79. The van der Waals surface area contributed by atoms with Crippen LogP contribution < -0.4 is 5.73 Å². The Labute approximate surface area is 130 Å². The van der Waals surface area contributed by atoms with E-state index in [1.54, 1.807) is 30.3 Å². The van der Waals surface area contributed by atoms with E-state index in [0.29, 0.717) is 5.56 Å². The van der Waals surface area contributed by atoms with Crippen molar-refractivity contribution in [2.75, 3.05) is 6.61 Å². The maximum absolute atomic E-state index is 11.7. The molecular weight excluding hydrogens is 333 g/mol. The first-order valence-electron chi connectivity index (χ1n) is 5.05. The van der Waals surface area contributed by atoms with Crippen molar-refractivity contribution in [2.45, 2.75) is 9.83 Å². The minimum absolute atomic E-state index is 0.329. The van der Waals surface area contributed by atoms with E-state index < -0.39 is 21.0 Å². The highest BCUT2D eigenvalue weighted by atomic mass is 35.6. The van der Waals surface area contributed by atoms with Crippen molar-refractivity contribution < 1.29 is 14.3 Å². The number of halogens is 3. The lowest BCUT2D eigenvalue weighted by Crippen LogP contribution is -2.27. The van der Waals surface area contributed by atoms with Crippen molar-refractivity contribution in [1.82, 2.24) is 0 Å². The standard InChI is InChI=1S/C11H10Cl3NO3S/c12-11(13,14)6-17-10(19)18-9(16)8(15)7-4-2-1-3-5-7/h1-5,8H,6,15H2/t8-/m0/s1. The minimum atomic E-state index is -1.64. The second-order valence-corrected chi connectivity index (χ2v) is 6.31. The number of hydrogen-bond donors (Lipinski definition) is 1. The van der Waals surface area contributed by atoms with Gasteiger partial charge in [0.05, 0.1) is 0 Å². The first kappa shape index (κ1) is 16.5. The van der Waals surface area contributed by atoms with Crippen LogP contribution in [0, 0.1) is 0 Å². The van der Waals surface area contributed by atoms with E-state index in [2.05, 4.69) is 12.2 Å². The molecule has 0 aliphatic carbocycles. The normalized spacial score (nSPS) is 12.6. The average molecular weight is 343 g/mol. The second kappa shape index (κ2) is 7.26. The molecule has 0 saturated carbocycles. The van der Waals surface area contributed by atoms with Gasteiger partial charge in [0.1, 0.15) is 12.6 Å². The van der Waals surface area contributed by atoms with Gasteiger partial charge in [-0.25, -0.2) is 4.79 Å². The van der Waals surface area contributed by atoms with Gasteiger partial charge in [-0.3, -0.25) is 0 Å². The van der Waals surface area contributed by atoms with E-state index in [9.17, 15) is 4.79 Å². The van der Waals surface area contributed by atoms with Gasteiger partial charge >= 0.3 is 11.2 Å². The van der Waals surface area contributed by atoms with Crippen LogP contribution in [0.4, 0.5) is 0 Å². The molecule has 1 atom stereocenters. The van der Waals surface area contributed by atoms with E-state index in [0.717, 1.165) is 0 Å². The summed E-state index contributed by atoms with van der Waals surface area (Å²) in [5, 5.41) is -0.442. The third-order valence-corrected chi connectivity index (χ3v) is 2.48. The summed E-state index contributed by atoms with van der Waals surface area (Å²) in [6, 6.07) is 7.72. The molecule has 4 nitrogen and oxygen atoms in total. The number of carbonyl (C=O) groups excluding carboxylic acids is 1. The summed E-state index contributed by atoms with van der Waals surface area (Å²) < 4.78 is 7.89. The molecule has 1 rings (SSSR count). The zero-order valence-electron chi connectivity index (χ0n) is 9.52. The Hall–Kier alpha value is -0.590. The van der Waals surface area contributed by atoms with Crippen molar-refractivity contribution in [3.63, 3.8) is 0 Å². The molecule has 0 aliphatic heterocycles. The van der Waals surface area contributed by atoms with Crippen LogP contribution in [0.25, 0.3) is 0 Å². The Morgan fingerprint density at radius 2 is 1.89 bits per heavy atom. The number of nitrogens with two attached hydrogens (primary N) is 1. The van der Waals surface area contributed by atoms with Crippen LogP contribution in [0.3, 0.4) is 0 Å². The monoisotopic (exact) mass is 341 g/mol. The summed E-state index contributed by atoms with van der Waals surface area (Å²) in [6.07, 6.45) is 0. The predicted molar refractivity (Wildman–Crippen MR) is 78.3 cm³/mol. The van der Waals surface area contributed by atoms with Gasteiger partial charge in [0.15, 0.2) is 0 Å². The van der Waals surface area contributed by atoms with Crippen LogP contribution in [-0.4, -0.2) is 21.6 Å². The third-order valence-electron chi connectivity index (χ3n) is 1.95. The molecule has 0 fully saturated rings. The predicted octanol–water partition coefficient (Wildman–Crippen LogP) is 2.90. The van der Waals surface area contributed by atoms with E-state index in [1.165, 1.54) is 0 Å². The Morgan fingerprint density at radius 3 is 2.42 bits per heavy atom. The van der Waals surface area contributed by atoms with Crippen LogP contribution in [0.1, 0.15) is 11.6 Å². The van der Waals surface area contributed by atoms with E-state index in [-0.39, 0.29) is 6.61 Å². The fourth-order valence-corrected chi connectivity index (χ4v) is 1.42. The Morgan fingerprint density at radius 1 is 1.32 bits per heavy atom. The van der Waals surface area contributed by atoms with Gasteiger partial charge < -0.3 is 15.2 Å². The van der Waals surface area contributed by atoms with Crippen molar-refractivity contribution in [1.29, 1.82) is 0 Å². The van der Waals surface area contributed by atoms with E-state index >= 15 is 0 Å². The van der Waals surface area contributed by atoms with Crippen LogP contribution >= 0.6 is 47.0 Å². The summed E-state index contributed by atoms with van der Waals surface area (Å²) in [4.78, 5) is 11.7. The molecule has 8 heteroatoms. The highest BCUT2D eigenvalue weighted by molar-refractivity contribution is 7.79. The van der Waals surface area contributed by atoms with Gasteiger partial charge in [-0.1, -0.05) is 65.1 Å². The molecule has 0 aromatic heterocycles. The summed E-state index contributed by atoms with van der Waals surface area (Å²) in [5.41, 5.74) is 6.29. The lowest BCUT2D eigenvalue weighted by atomic mass is 10.1. The number of benzene rings is 1. The molecule has 19 heavy (non-hydrogen) atoms. The Balaban J connectivity index is 2.49. The van der Waals surface area contributed by atoms with Gasteiger partial charge in [-0.15, -0.1) is 0 Å². The smallest absolute Gasteiger partial charge is 0.360 e. The lowest BCUT2D eigenvalue weighted by Gasteiger charge is -2.14. The number of esters is 1. The molecule has 2 N–H and O–H groups in total. The molecular formula is C11H10Cl3NO3S. The molecule has 104 valence electrons. The summed E-state index contributed by atoms with van der Waals surface area (Å²) in [7, 11) is 0. The molecule has 0 unspecified atom stereocenters. The van der Waals surface area contributed by atoms with Crippen molar-refractivity contribution in [3.05, 3.63) is 35.9 Å². The maximum atomic E-state index is 11.7. The number of ether oxygens (including phenoxy) is 2. The van der Waals surface area contributed by atoms with Crippen LogP contribution in [0.2, 0.25) is 0 Å². The molecule has 0 radical (unpaired) electrons. The highest BCUT2D eigenvalue weighted by Gasteiger charge is 2.24. The van der Waals surface area contributed by atoms with Gasteiger partial charge in [-0.05, 0) is 5.56 Å². The zero-order valence-corrected chi connectivity index (χ0v) is 12.6. The maximum Gasteiger partial charge on any atom is 0.360 e. The van der Waals surface area contributed by atoms with Crippen molar-refractivity contribution in [3.8, 4) is 0 Å².